The van der Waals surface area contributed by atoms with Crippen LogP contribution in [0.15, 0.2) is 18.2 Å². The lowest BCUT2D eigenvalue weighted by Gasteiger charge is -2.35. The van der Waals surface area contributed by atoms with Gasteiger partial charge < -0.3 is 10.4 Å². The summed E-state index contributed by atoms with van der Waals surface area (Å²) in [5.41, 5.74) is 0.246. The van der Waals surface area contributed by atoms with Crippen LogP contribution in [0.2, 0.25) is 0 Å². The number of benzene rings is 1. The lowest BCUT2D eigenvalue weighted by molar-refractivity contribution is -0.129. The average molecular weight is 340 g/mol. The molecule has 1 aliphatic rings. The van der Waals surface area contributed by atoms with Crippen molar-refractivity contribution in [3.05, 3.63) is 35.4 Å². The quantitative estimate of drug-likeness (QED) is 0.837. The summed E-state index contributed by atoms with van der Waals surface area (Å²) in [6, 6.07) is 2.50. The number of aliphatic hydroxyl groups is 1. The number of likely N-dealkylation sites (tertiary alicyclic amines) is 1. The molecule has 1 fully saturated rings. The standard InChI is InChI=1S/C18H26F2N2O2/c1-3-9-22-10-5-4-6-16(22)18(24)21-12(2)17(23)13-7-8-14(19)15(20)11-13/h7-8,11-12,16-17,23H,3-6,9-10H2,1-2H3,(H,21,24). The molecule has 1 aromatic carbocycles. The Labute approximate surface area is 141 Å². The lowest BCUT2D eigenvalue weighted by atomic mass is 9.99. The first-order chi connectivity index (χ1) is 11.4. The van der Waals surface area contributed by atoms with Gasteiger partial charge in [-0.25, -0.2) is 8.78 Å². The van der Waals surface area contributed by atoms with Crippen molar-refractivity contribution in [1.29, 1.82) is 0 Å². The number of hydrogen-bond donors (Lipinski definition) is 2. The van der Waals surface area contributed by atoms with Gasteiger partial charge in [0.05, 0.1) is 18.2 Å². The van der Waals surface area contributed by atoms with Crippen molar-refractivity contribution in [3.63, 3.8) is 0 Å². The molecule has 24 heavy (non-hydrogen) atoms. The van der Waals surface area contributed by atoms with Gasteiger partial charge in [-0.05, 0) is 57.0 Å². The van der Waals surface area contributed by atoms with Gasteiger partial charge in [-0.2, -0.15) is 0 Å². The van der Waals surface area contributed by atoms with E-state index < -0.39 is 23.8 Å². The molecule has 0 spiro atoms. The summed E-state index contributed by atoms with van der Waals surface area (Å²) in [7, 11) is 0. The molecule has 1 heterocycles. The number of carbonyl (C=O) groups excluding carboxylic acids is 1. The van der Waals surface area contributed by atoms with Gasteiger partial charge >= 0.3 is 0 Å². The first-order valence-electron chi connectivity index (χ1n) is 8.61. The van der Waals surface area contributed by atoms with Gasteiger partial charge in [0.2, 0.25) is 5.91 Å². The van der Waals surface area contributed by atoms with Gasteiger partial charge in [0.25, 0.3) is 0 Å². The number of halogens is 2. The van der Waals surface area contributed by atoms with Crippen LogP contribution in [0.3, 0.4) is 0 Å². The molecule has 1 aliphatic heterocycles. The minimum Gasteiger partial charge on any atom is -0.386 e. The number of nitrogens with one attached hydrogen (secondary N) is 1. The Bertz CT molecular complexity index is 566. The van der Waals surface area contributed by atoms with Gasteiger partial charge in [-0.3, -0.25) is 9.69 Å². The van der Waals surface area contributed by atoms with Gasteiger partial charge in [0.15, 0.2) is 11.6 Å². The van der Waals surface area contributed by atoms with E-state index in [1.807, 2.05) is 0 Å². The Morgan fingerprint density at radius 3 is 2.79 bits per heavy atom. The van der Waals surface area contributed by atoms with Crippen molar-refractivity contribution in [2.45, 2.75) is 57.7 Å². The van der Waals surface area contributed by atoms with Crippen molar-refractivity contribution < 1.29 is 18.7 Å². The molecule has 3 unspecified atom stereocenters. The van der Waals surface area contributed by atoms with Crippen LogP contribution in [-0.2, 0) is 4.79 Å². The highest BCUT2D eigenvalue weighted by molar-refractivity contribution is 5.82. The number of rotatable bonds is 6. The van der Waals surface area contributed by atoms with E-state index in [4.69, 9.17) is 0 Å². The largest absolute Gasteiger partial charge is 0.386 e. The van der Waals surface area contributed by atoms with E-state index in [1.54, 1.807) is 6.92 Å². The molecule has 3 atom stereocenters. The van der Waals surface area contributed by atoms with E-state index >= 15 is 0 Å². The maximum atomic E-state index is 13.3. The van der Waals surface area contributed by atoms with Crippen molar-refractivity contribution >= 4 is 5.91 Å². The summed E-state index contributed by atoms with van der Waals surface area (Å²) in [4.78, 5) is 14.7. The number of nitrogens with zero attached hydrogens (tertiary/aromatic N) is 1. The molecule has 0 radical (unpaired) electrons. The van der Waals surface area contributed by atoms with Crippen LogP contribution in [0.25, 0.3) is 0 Å². The fourth-order valence-electron chi connectivity index (χ4n) is 3.23. The highest BCUT2D eigenvalue weighted by Gasteiger charge is 2.30. The van der Waals surface area contributed by atoms with Gasteiger partial charge in [0, 0.05) is 0 Å². The smallest absolute Gasteiger partial charge is 0.237 e. The van der Waals surface area contributed by atoms with Crippen molar-refractivity contribution in [2.24, 2.45) is 0 Å². The van der Waals surface area contributed by atoms with E-state index in [9.17, 15) is 18.7 Å². The van der Waals surface area contributed by atoms with E-state index in [1.165, 1.54) is 6.07 Å². The summed E-state index contributed by atoms with van der Waals surface area (Å²) in [6.45, 7) is 5.53. The summed E-state index contributed by atoms with van der Waals surface area (Å²) in [6.07, 6.45) is 2.80. The average Bonchev–Trinajstić information content (AvgIpc) is 2.57. The van der Waals surface area contributed by atoms with Crippen LogP contribution in [-0.4, -0.2) is 41.1 Å². The zero-order valence-electron chi connectivity index (χ0n) is 14.3. The van der Waals surface area contributed by atoms with Crippen LogP contribution in [0.5, 0.6) is 0 Å². The summed E-state index contributed by atoms with van der Waals surface area (Å²) < 4.78 is 26.3. The number of carbonyl (C=O) groups is 1. The fourth-order valence-corrected chi connectivity index (χ4v) is 3.23. The molecule has 6 heteroatoms. The van der Waals surface area contributed by atoms with Gasteiger partial charge in [0.1, 0.15) is 0 Å². The third kappa shape index (κ3) is 4.51. The Hall–Kier alpha value is -1.53. The molecule has 2 N–H and O–H groups in total. The monoisotopic (exact) mass is 340 g/mol. The van der Waals surface area contributed by atoms with E-state index in [0.29, 0.717) is 0 Å². The minimum absolute atomic E-state index is 0.114. The molecule has 1 saturated heterocycles. The second-order valence-corrected chi connectivity index (χ2v) is 6.46. The zero-order valence-corrected chi connectivity index (χ0v) is 14.3. The number of hydrogen-bond acceptors (Lipinski definition) is 3. The Morgan fingerprint density at radius 1 is 1.38 bits per heavy atom. The molecular formula is C18H26F2N2O2. The first-order valence-corrected chi connectivity index (χ1v) is 8.61. The van der Waals surface area contributed by atoms with E-state index in [-0.39, 0.29) is 17.5 Å². The summed E-state index contributed by atoms with van der Waals surface area (Å²) >= 11 is 0. The summed E-state index contributed by atoms with van der Waals surface area (Å²) in [5, 5.41) is 13.1. The maximum absolute atomic E-state index is 13.3. The van der Waals surface area contributed by atoms with Crippen LogP contribution >= 0.6 is 0 Å². The third-order valence-electron chi connectivity index (χ3n) is 4.56. The molecule has 134 valence electrons. The van der Waals surface area contributed by atoms with E-state index in [0.717, 1.165) is 50.9 Å². The topological polar surface area (TPSA) is 52.6 Å². The zero-order chi connectivity index (χ0) is 17.7. The Morgan fingerprint density at radius 2 is 2.12 bits per heavy atom. The van der Waals surface area contributed by atoms with Crippen molar-refractivity contribution in [3.8, 4) is 0 Å². The van der Waals surface area contributed by atoms with Crippen molar-refractivity contribution in [2.75, 3.05) is 13.1 Å². The number of aliphatic hydroxyl groups excluding tert-OH is 1. The fraction of sp³-hybridized carbons (Fsp3) is 0.611. The molecule has 0 aliphatic carbocycles. The third-order valence-corrected chi connectivity index (χ3v) is 4.56. The van der Waals surface area contributed by atoms with Crippen LogP contribution < -0.4 is 5.32 Å². The second-order valence-electron chi connectivity index (χ2n) is 6.46. The van der Waals surface area contributed by atoms with Crippen LogP contribution in [0.4, 0.5) is 8.78 Å². The van der Waals surface area contributed by atoms with Crippen LogP contribution in [0.1, 0.15) is 51.2 Å². The first kappa shape index (κ1) is 18.8. The minimum atomic E-state index is -1.09. The lowest BCUT2D eigenvalue weighted by Crippen LogP contribution is -2.52. The molecule has 0 aromatic heterocycles. The molecule has 2 rings (SSSR count). The van der Waals surface area contributed by atoms with Crippen molar-refractivity contribution in [1.82, 2.24) is 10.2 Å². The number of amides is 1. The molecule has 0 saturated carbocycles. The van der Waals surface area contributed by atoms with Crippen LogP contribution in [0, 0.1) is 11.6 Å². The maximum Gasteiger partial charge on any atom is 0.237 e. The highest BCUT2D eigenvalue weighted by atomic mass is 19.2. The highest BCUT2D eigenvalue weighted by Crippen LogP contribution is 2.21. The molecule has 1 aromatic rings. The molecule has 4 nitrogen and oxygen atoms in total. The van der Waals surface area contributed by atoms with E-state index in [2.05, 4.69) is 17.1 Å². The Kier molecular flexibility index (Phi) is 6.69. The summed E-state index contributed by atoms with van der Waals surface area (Å²) in [5.74, 6) is -2.08. The van der Waals surface area contributed by atoms with Gasteiger partial charge in [-0.1, -0.05) is 19.4 Å². The SMILES string of the molecule is CCCN1CCCCC1C(=O)NC(C)C(O)c1ccc(F)c(F)c1. The molecule has 0 bridgehead atoms. The molecule has 1 amide bonds. The van der Waals surface area contributed by atoms with Gasteiger partial charge in [-0.15, -0.1) is 0 Å². The number of piperidine rings is 1. The second kappa shape index (κ2) is 8.53. The predicted octanol–water partition coefficient (Wildman–Crippen LogP) is 2.77. The predicted molar refractivity (Wildman–Crippen MR) is 88.4 cm³/mol. The Balaban J connectivity index is 2.00. The molecular weight excluding hydrogens is 314 g/mol. The normalized spacial score (nSPS) is 21.3.